The summed E-state index contributed by atoms with van der Waals surface area (Å²) in [5, 5.41) is 5.20. The molecular weight excluding hydrogens is 256 g/mol. The molecule has 3 aromatic rings. The first-order chi connectivity index (χ1) is 9.33. The Balaban J connectivity index is 1.90. The number of hydrogen-bond acceptors (Lipinski definition) is 2. The summed E-state index contributed by atoms with van der Waals surface area (Å²) in [5.74, 6) is 0. The normalized spacial score (nSPS) is 10.6. The summed E-state index contributed by atoms with van der Waals surface area (Å²) in [5.41, 5.74) is 3.24. The van der Waals surface area contributed by atoms with Gasteiger partial charge in [-0.3, -0.25) is 4.98 Å². The number of pyridine rings is 1. The number of anilines is 1. The molecule has 1 heterocycles. The summed E-state index contributed by atoms with van der Waals surface area (Å²) in [4.78, 5) is 4.34. The standard InChI is InChI=1S/C16H13ClN2/c17-13-6-7-15-14(10-13)16(8-9-18-15)19-11-12-4-2-1-3-5-12/h1-10H,11H2,(H,18,19). The van der Waals surface area contributed by atoms with Gasteiger partial charge in [0.15, 0.2) is 0 Å². The van der Waals surface area contributed by atoms with Crippen molar-refractivity contribution in [3.8, 4) is 0 Å². The van der Waals surface area contributed by atoms with Crippen LogP contribution in [0.1, 0.15) is 5.56 Å². The van der Waals surface area contributed by atoms with Crippen molar-refractivity contribution in [3.05, 3.63) is 71.4 Å². The zero-order chi connectivity index (χ0) is 13.1. The van der Waals surface area contributed by atoms with Crippen molar-refractivity contribution in [2.24, 2.45) is 0 Å². The summed E-state index contributed by atoms with van der Waals surface area (Å²) in [7, 11) is 0. The van der Waals surface area contributed by atoms with Gasteiger partial charge < -0.3 is 5.32 Å². The molecule has 0 atom stereocenters. The number of nitrogens with one attached hydrogen (secondary N) is 1. The van der Waals surface area contributed by atoms with Gasteiger partial charge in [-0.05, 0) is 29.8 Å². The average Bonchev–Trinajstić information content (AvgIpc) is 2.46. The zero-order valence-corrected chi connectivity index (χ0v) is 11.1. The van der Waals surface area contributed by atoms with Crippen molar-refractivity contribution in [3.63, 3.8) is 0 Å². The Labute approximate surface area is 117 Å². The molecule has 3 heteroatoms. The third-order valence-corrected chi connectivity index (χ3v) is 3.26. The quantitative estimate of drug-likeness (QED) is 0.756. The molecule has 0 spiro atoms. The molecule has 2 aromatic carbocycles. The molecule has 2 nitrogen and oxygen atoms in total. The Bertz CT molecular complexity index is 695. The van der Waals surface area contributed by atoms with Crippen molar-refractivity contribution < 1.29 is 0 Å². The lowest BCUT2D eigenvalue weighted by molar-refractivity contribution is 1.15. The van der Waals surface area contributed by atoms with Gasteiger partial charge in [0.1, 0.15) is 0 Å². The average molecular weight is 269 g/mol. The Hall–Kier alpha value is -2.06. The predicted molar refractivity (Wildman–Crippen MR) is 80.5 cm³/mol. The van der Waals surface area contributed by atoms with E-state index in [0.29, 0.717) is 0 Å². The number of halogens is 1. The van der Waals surface area contributed by atoms with E-state index in [-0.39, 0.29) is 0 Å². The SMILES string of the molecule is Clc1ccc2nccc(NCc3ccccc3)c2c1. The maximum Gasteiger partial charge on any atom is 0.0723 e. The largest absolute Gasteiger partial charge is 0.380 e. The second-order valence-corrected chi connectivity index (χ2v) is 4.80. The topological polar surface area (TPSA) is 24.9 Å². The van der Waals surface area contributed by atoms with Crippen LogP contribution < -0.4 is 5.32 Å². The number of hydrogen-bond donors (Lipinski definition) is 1. The Kier molecular flexibility index (Phi) is 3.34. The Morgan fingerprint density at radius 2 is 1.84 bits per heavy atom. The molecule has 0 aliphatic rings. The minimum absolute atomic E-state index is 0.725. The van der Waals surface area contributed by atoms with Crippen molar-refractivity contribution in [2.75, 3.05) is 5.32 Å². The van der Waals surface area contributed by atoms with E-state index in [1.165, 1.54) is 5.56 Å². The maximum atomic E-state index is 6.05. The summed E-state index contributed by atoms with van der Waals surface area (Å²) in [6, 6.07) is 18.0. The number of fused-ring (bicyclic) bond motifs is 1. The van der Waals surface area contributed by atoms with Gasteiger partial charge >= 0.3 is 0 Å². The zero-order valence-electron chi connectivity index (χ0n) is 10.3. The van der Waals surface area contributed by atoms with Crippen LogP contribution in [0.15, 0.2) is 60.8 Å². The minimum Gasteiger partial charge on any atom is -0.380 e. The molecule has 0 unspecified atom stereocenters. The highest BCUT2D eigenvalue weighted by Crippen LogP contribution is 2.25. The minimum atomic E-state index is 0.725. The lowest BCUT2D eigenvalue weighted by Crippen LogP contribution is -2.00. The highest BCUT2D eigenvalue weighted by molar-refractivity contribution is 6.31. The van der Waals surface area contributed by atoms with Crippen LogP contribution in [0.3, 0.4) is 0 Å². The summed E-state index contributed by atoms with van der Waals surface area (Å²) < 4.78 is 0. The second kappa shape index (κ2) is 5.29. The summed E-state index contributed by atoms with van der Waals surface area (Å²) >= 11 is 6.05. The fourth-order valence-corrected chi connectivity index (χ4v) is 2.24. The lowest BCUT2D eigenvalue weighted by atomic mass is 10.1. The van der Waals surface area contributed by atoms with E-state index in [2.05, 4.69) is 22.4 Å². The first kappa shape index (κ1) is 12.0. The third kappa shape index (κ3) is 2.69. The van der Waals surface area contributed by atoms with Crippen LogP contribution in [-0.4, -0.2) is 4.98 Å². The Morgan fingerprint density at radius 3 is 2.68 bits per heavy atom. The van der Waals surface area contributed by atoms with Crippen LogP contribution in [0, 0.1) is 0 Å². The molecule has 1 aromatic heterocycles. The van der Waals surface area contributed by atoms with Crippen molar-refractivity contribution in [1.29, 1.82) is 0 Å². The van der Waals surface area contributed by atoms with Gasteiger partial charge in [-0.2, -0.15) is 0 Å². The van der Waals surface area contributed by atoms with Gasteiger partial charge in [0.2, 0.25) is 0 Å². The lowest BCUT2D eigenvalue weighted by Gasteiger charge is -2.09. The molecule has 0 amide bonds. The first-order valence-corrected chi connectivity index (χ1v) is 6.53. The summed E-state index contributed by atoms with van der Waals surface area (Å²) in [6.45, 7) is 0.784. The molecule has 0 aliphatic heterocycles. The van der Waals surface area contributed by atoms with Crippen LogP contribution in [0.2, 0.25) is 5.02 Å². The number of benzene rings is 2. The number of rotatable bonds is 3. The van der Waals surface area contributed by atoms with Gasteiger partial charge in [-0.1, -0.05) is 41.9 Å². The van der Waals surface area contributed by atoms with Gasteiger partial charge in [-0.15, -0.1) is 0 Å². The smallest absolute Gasteiger partial charge is 0.0723 e. The Morgan fingerprint density at radius 1 is 1.00 bits per heavy atom. The highest BCUT2D eigenvalue weighted by atomic mass is 35.5. The van der Waals surface area contributed by atoms with Crippen LogP contribution >= 0.6 is 11.6 Å². The van der Waals surface area contributed by atoms with E-state index < -0.39 is 0 Å². The van der Waals surface area contributed by atoms with Crippen LogP contribution in [0.4, 0.5) is 5.69 Å². The van der Waals surface area contributed by atoms with Gasteiger partial charge in [0.25, 0.3) is 0 Å². The summed E-state index contributed by atoms with van der Waals surface area (Å²) in [6.07, 6.45) is 1.81. The third-order valence-electron chi connectivity index (χ3n) is 3.03. The van der Waals surface area contributed by atoms with E-state index in [1.54, 1.807) is 0 Å². The molecule has 0 aliphatic carbocycles. The van der Waals surface area contributed by atoms with E-state index in [4.69, 9.17) is 11.6 Å². The highest BCUT2D eigenvalue weighted by Gasteiger charge is 2.02. The first-order valence-electron chi connectivity index (χ1n) is 6.15. The second-order valence-electron chi connectivity index (χ2n) is 4.36. The molecule has 94 valence electrons. The molecule has 3 rings (SSSR count). The van der Waals surface area contributed by atoms with E-state index in [0.717, 1.165) is 28.2 Å². The predicted octanol–water partition coefficient (Wildman–Crippen LogP) is 4.50. The molecule has 0 saturated carbocycles. The van der Waals surface area contributed by atoms with E-state index in [9.17, 15) is 0 Å². The van der Waals surface area contributed by atoms with E-state index in [1.807, 2.05) is 48.7 Å². The van der Waals surface area contributed by atoms with Crippen LogP contribution in [0.5, 0.6) is 0 Å². The van der Waals surface area contributed by atoms with Crippen LogP contribution in [0.25, 0.3) is 10.9 Å². The van der Waals surface area contributed by atoms with Gasteiger partial charge in [0.05, 0.1) is 5.52 Å². The van der Waals surface area contributed by atoms with Crippen molar-refractivity contribution in [1.82, 2.24) is 4.98 Å². The number of nitrogens with zero attached hydrogens (tertiary/aromatic N) is 1. The fraction of sp³-hybridized carbons (Fsp3) is 0.0625. The molecule has 0 radical (unpaired) electrons. The van der Waals surface area contributed by atoms with Crippen LogP contribution in [-0.2, 0) is 6.54 Å². The molecule has 0 bridgehead atoms. The van der Waals surface area contributed by atoms with Crippen molar-refractivity contribution >= 4 is 28.2 Å². The monoisotopic (exact) mass is 268 g/mol. The molecular formula is C16H13ClN2. The fourth-order valence-electron chi connectivity index (χ4n) is 2.07. The molecule has 0 saturated heterocycles. The van der Waals surface area contributed by atoms with E-state index >= 15 is 0 Å². The number of aromatic nitrogens is 1. The molecule has 19 heavy (non-hydrogen) atoms. The van der Waals surface area contributed by atoms with Gasteiger partial charge in [0, 0.05) is 28.8 Å². The molecule has 1 N–H and O–H groups in total. The van der Waals surface area contributed by atoms with Gasteiger partial charge in [-0.25, -0.2) is 0 Å². The van der Waals surface area contributed by atoms with Crippen molar-refractivity contribution in [2.45, 2.75) is 6.54 Å². The molecule has 0 fully saturated rings. The maximum absolute atomic E-state index is 6.05.